The van der Waals surface area contributed by atoms with Crippen LogP contribution in [0.1, 0.15) is 35.3 Å². The lowest BCUT2D eigenvalue weighted by molar-refractivity contribution is -0.137. The van der Waals surface area contributed by atoms with Gasteiger partial charge in [0.2, 0.25) is 5.76 Å². The molecular formula is C21H22FNO5. The first-order chi connectivity index (χ1) is 13.3. The van der Waals surface area contributed by atoms with Crippen molar-refractivity contribution < 1.29 is 28.6 Å². The molecule has 0 aliphatic carbocycles. The number of benzene rings is 2. The molecule has 6 nitrogen and oxygen atoms in total. The summed E-state index contributed by atoms with van der Waals surface area (Å²) in [6, 6.07) is 10.5. The maximum atomic E-state index is 13.0. The predicted octanol–water partition coefficient (Wildman–Crippen LogP) is 3.61. The van der Waals surface area contributed by atoms with Crippen molar-refractivity contribution in [1.29, 1.82) is 0 Å². The normalized spacial score (nSPS) is 11.2. The molecule has 148 valence electrons. The minimum Gasteiger partial charge on any atom is -0.496 e. The Morgan fingerprint density at radius 1 is 1.18 bits per heavy atom. The van der Waals surface area contributed by atoms with Crippen molar-refractivity contribution in [3.63, 3.8) is 0 Å². The van der Waals surface area contributed by atoms with Crippen molar-refractivity contribution in [1.82, 2.24) is 5.32 Å². The van der Waals surface area contributed by atoms with Gasteiger partial charge in [-0.25, -0.2) is 9.18 Å². The highest BCUT2D eigenvalue weighted by Crippen LogP contribution is 2.22. The summed E-state index contributed by atoms with van der Waals surface area (Å²) in [6.07, 6.45) is 1.04. The van der Waals surface area contributed by atoms with Crippen molar-refractivity contribution in [2.24, 2.45) is 0 Å². The Kier molecular flexibility index (Phi) is 7.14. The van der Waals surface area contributed by atoms with E-state index in [0.717, 1.165) is 5.56 Å². The number of nitrogens with one attached hydrogen (secondary N) is 1. The fourth-order valence-electron chi connectivity index (χ4n) is 2.42. The molecule has 2 N–H and O–H groups in total. The molecule has 7 heteroatoms. The third-order valence-corrected chi connectivity index (χ3v) is 3.71. The van der Waals surface area contributed by atoms with Gasteiger partial charge in [-0.2, -0.15) is 0 Å². The Morgan fingerprint density at radius 2 is 1.86 bits per heavy atom. The van der Waals surface area contributed by atoms with Gasteiger partial charge in [0.25, 0.3) is 5.91 Å². The molecular weight excluding hydrogens is 365 g/mol. The van der Waals surface area contributed by atoms with Crippen LogP contribution in [0.25, 0.3) is 6.08 Å². The fraction of sp³-hybridized carbons (Fsp3) is 0.238. The zero-order valence-electron chi connectivity index (χ0n) is 15.9. The number of methoxy groups -OCH3 is 1. The lowest BCUT2D eigenvalue weighted by atomic mass is 10.1. The SMILES string of the molecule is COc1ccc(/C=C(\OC(C)C)C(=O)O)cc1C(=O)NCc1ccc(F)cc1. The molecule has 0 saturated heterocycles. The van der Waals surface area contributed by atoms with Gasteiger partial charge in [0.1, 0.15) is 11.6 Å². The summed E-state index contributed by atoms with van der Waals surface area (Å²) in [4.78, 5) is 23.9. The number of carboxylic acids is 1. The number of hydrogen-bond acceptors (Lipinski definition) is 4. The van der Waals surface area contributed by atoms with E-state index in [-0.39, 0.29) is 29.8 Å². The van der Waals surface area contributed by atoms with E-state index >= 15 is 0 Å². The van der Waals surface area contributed by atoms with E-state index in [0.29, 0.717) is 11.3 Å². The summed E-state index contributed by atoms with van der Waals surface area (Å²) in [5, 5.41) is 12.0. The summed E-state index contributed by atoms with van der Waals surface area (Å²) < 4.78 is 23.5. The van der Waals surface area contributed by atoms with Crippen molar-refractivity contribution in [3.05, 3.63) is 70.7 Å². The first-order valence-electron chi connectivity index (χ1n) is 8.62. The lowest BCUT2D eigenvalue weighted by Crippen LogP contribution is -2.23. The molecule has 2 aromatic rings. The molecule has 2 aromatic carbocycles. The average molecular weight is 387 g/mol. The molecule has 0 unspecified atom stereocenters. The minimum atomic E-state index is -1.20. The van der Waals surface area contributed by atoms with Gasteiger partial charge in [-0.3, -0.25) is 4.79 Å². The summed E-state index contributed by atoms with van der Waals surface area (Å²) in [7, 11) is 1.44. The molecule has 0 atom stereocenters. The summed E-state index contributed by atoms with van der Waals surface area (Å²) in [5.41, 5.74) is 1.46. The highest BCUT2D eigenvalue weighted by Gasteiger charge is 2.15. The molecule has 0 heterocycles. The van der Waals surface area contributed by atoms with Crippen LogP contribution in [0.4, 0.5) is 4.39 Å². The Morgan fingerprint density at radius 3 is 2.43 bits per heavy atom. The molecule has 28 heavy (non-hydrogen) atoms. The number of halogens is 1. The van der Waals surface area contributed by atoms with Gasteiger partial charge in [0.15, 0.2) is 0 Å². The lowest BCUT2D eigenvalue weighted by Gasteiger charge is -2.12. The van der Waals surface area contributed by atoms with Gasteiger partial charge < -0.3 is 19.9 Å². The zero-order valence-corrected chi connectivity index (χ0v) is 15.9. The zero-order chi connectivity index (χ0) is 20.7. The van der Waals surface area contributed by atoms with Crippen LogP contribution in [0.2, 0.25) is 0 Å². The maximum absolute atomic E-state index is 13.0. The van der Waals surface area contributed by atoms with Gasteiger partial charge in [-0.15, -0.1) is 0 Å². The smallest absolute Gasteiger partial charge is 0.371 e. The quantitative estimate of drug-likeness (QED) is 0.534. The van der Waals surface area contributed by atoms with Crippen LogP contribution in [-0.4, -0.2) is 30.2 Å². The summed E-state index contributed by atoms with van der Waals surface area (Å²) in [5.74, 6) is -1.84. The van der Waals surface area contributed by atoms with Gasteiger partial charge in [-0.05, 0) is 55.3 Å². The second-order valence-corrected chi connectivity index (χ2v) is 6.25. The maximum Gasteiger partial charge on any atom is 0.371 e. The predicted molar refractivity (Wildman–Crippen MR) is 102 cm³/mol. The third-order valence-electron chi connectivity index (χ3n) is 3.71. The van der Waals surface area contributed by atoms with E-state index < -0.39 is 11.9 Å². The largest absolute Gasteiger partial charge is 0.496 e. The molecule has 0 radical (unpaired) electrons. The number of ether oxygens (including phenoxy) is 2. The molecule has 2 rings (SSSR count). The molecule has 0 spiro atoms. The topological polar surface area (TPSA) is 84.9 Å². The summed E-state index contributed by atoms with van der Waals surface area (Å²) >= 11 is 0. The number of rotatable bonds is 8. The third kappa shape index (κ3) is 5.84. The monoisotopic (exact) mass is 387 g/mol. The number of amides is 1. The molecule has 0 saturated carbocycles. The van der Waals surface area contributed by atoms with Crippen LogP contribution in [0.3, 0.4) is 0 Å². The molecule has 0 aromatic heterocycles. The molecule has 0 fully saturated rings. The van der Waals surface area contributed by atoms with E-state index in [4.69, 9.17) is 9.47 Å². The average Bonchev–Trinajstić information content (AvgIpc) is 2.66. The van der Waals surface area contributed by atoms with Crippen LogP contribution in [-0.2, 0) is 16.1 Å². The van der Waals surface area contributed by atoms with E-state index in [1.54, 1.807) is 38.1 Å². The Hall–Kier alpha value is -3.35. The van der Waals surface area contributed by atoms with Gasteiger partial charge in [0, 0.05) is 6.54 Å². The first-order valence-corrected chi connectivity index (χ1v) is 8.62. The molecule has 0 bridgehead atoms. The van der Waals surface area contributed by atoms with Crippen molar-refractivity contribution in [2.75, 3.05) is 7.11 Å². The Balaban J connectivity index is 2.24. The first kappa shape index (κ1) is 21.0. The second-order valence-electron chi connectivity index (χ2n) is 6.25. The van der Waals surface area contributed by atoms with Crippen LogP contribution in [0.5, 0.6) is 5.75 Å². The van der Waals surface area contributed by atoms with E-state index in [1.807, 2.05) is 0 Å². The molecule has 0 aliphatic heterocycles. The van der Waals surface area contributed by atoms with Crippen LogP contribution in [0.15, 0.2) is 48.2 Å². The van der Waals surface area contributed by atoms with Gasteiger partial charge >= 0.3 is 5.97 Å². The molecule has 1 amide bonds. The van der Waals surface area contributed by atoms with E-state index in [2.05, 4.69) is 5.32 Å². The number of carbonyl (C=O) groups excluding carboxylic acids is 1. The summed E-state index contributed by atoms with van der Waals surface area (Å²) in [6.45, 7) is 3.65. The number of aliphatic carboxylic acids is 1. The fourth-order valence-corrected chi connectivity index (χ4v) is 2.42. The van der Waals surface area contributed by atoms with Crippen LogP contribution >= 0.6 is 0 Å². The Labute approximate surface area is 162 Å². The van der Waals surface area contributed by atoms with Crippen LogP contribution < -0.4 is 10.1 Å². The van der Waals surface area contributed by atoms with Crippen molar-refractivity contribution in [2.45, 2.75) is 26.5 Å². The van der Waals surface area contributed by atoms with E-state index in [1.165, 1.54) is 31.4 Å². The minimum absolute atomic E-state index is 0.208. The number of carbonyl (C=O) groups is 2. The number of hydrogen-bond donors (Lipinski definition) is 2. The standard InChI is InChI=1S/C21H22FNO5/c1-13(2)28-19(21(25)26)11-15-6-9-18(27-3)17(10-15)20(24)23-12-14-4-7-16(22)8-5-14/h4-11,13H,12H2,1-3H3,(H,23,24)(H,25,26)/b19-11-. The highest BCUT2D eigenvalue weighted by molar-refractivity contribution is 5.98. The van der Waals surface area contributed by atoms with Crippen molar-refractivity contribution in [3.8, 4) is 5.75 Å². The second kappa shape index (κ2) is 9.55. The van der Waals surface area contributed by atoms with Gasteiger partial charge in [-0.1, -0.05) is 18.2 Å². The Bertz CT molecular complexity index is 875. The van der Waals surface area contributed by atoms with Gasteiger partial charge in [0.05, 0.1) is 18.8 Å². The number of carboxylic acid groups (broad SMARTS) is 1. The van der Waals surface area contributed by atoms with Crippen molar-refractivity contribution >= 4 is 18.0 Å². The highest BCUT2D eigenvalue weighted by atomic mass is 19.1. The van der Waals surface area contributed by atoms with E-state index in [9.17, 15) is 19.1 Å². The van der Waals surface area contributed by atoms with Crippen LogP contribution in [0, 0.1) is 5.82 Å². The molecule has 0 aliphatic rings.